The first-order valence-corrected chi connectivity index (χ1v) is 9.91. The third-order valence-electron chi connectivity index (χ3n) is 7.01. The summed E-state index contributed by atoms with van der Waals surface area (Å²) in [5.74, 6) is 3.20. The van der Waals surface area contributed by atoms with E-state index in [-0.39, 0.29) is 10.3 Å². The van der Waals surface area contributed by atoms with Crippen molar-refractivity contribution in [2.45, 2.75) is 49.8 Å². The molecular weight excluding hydrogens is 334 g/mol. The quantitative estimate of drug-likeness (QED) is 0.737. The van der Waals surface area contributed by atoms with Crippen LogP contribution < -0.4 is 9.47 Å². The Morgan fingerprint density at radius 1 is 1.04 bits per heavy atom. The molecule has 5 aliphatic rings. The average Bonchev–Trinajstić information content (AvgIpc) is 2.57. The molecule has 0 N–H and O–H groups in total. The maximum atomic E-state index is 7.07. The molecule has 2 atom stereocenters. The second-order valence-electron chi connectivity index (χ2n) is 8.74. The number of benzene rings is 1. The summed E-state index contributed by atoms with van der Waals surface area (Å²) in [6.45, 7) is 0.879. The first kappa shape index (κ1) is 16.0. The molecule has 0 aromatic heterocycles. The van der Waals surface area contributed by atoms with Gasteiger partial charge in [-0.2, -0.15) is 0 Å². The molecule has 1 heterocycles. The predicted molar refractivity (Wildman–Crippen MR) is 100 cm³/mol. The molecule has 4 fully saturated rings. The highest BCUT2D eigenvalue weighted by molar-refractivity contribution is 6.24. The van der Waals surface area contributed by atoms with Gasteiger partial charge in [-0.15, -0.1) is 11.6 Å². The van der Waals surface area contributed by atoms with Crippen molar-refractivity contribution >= 4 is 17.3 Å². The first-order valence-electron chi connectivity index (χ1n) is 9.53. The number of fused-ring (bicyclic) bond motifs is 1. The molecule has 0 amide bonds. The number of hydrogen-bond donors (Lipinski definition) is 0. The van der Waals surface area contributed by atoms with Crippen LogP contribution in [0.25, 0.3) is 0 Å². The van der Waals surface area contributed by atoms with Gasteiger partial charge in [0.25, 0.3) is 0 Å². The van der Waals surface area contributed by atoms with Gasteiger partial charge in [0.2, 0.25) is 0 Å². The van der Waals surface area contributed by atoms with Gasteiger partial charge in [0.15, 0.2) is 11.5 Å². The minimum atomic E-state index is 0.0147. The van der Waals surface area contributed by atoms with E-state index in [1.165, 1.54) is 48.9 Å². The van der Waals surface area contributed by atoms with Crippen molar-refractivity contribution in [3.8, 4) is 11.5 Å². The lowest BCUT2D eigenvalue weighted by Crippen LogP contribution is -2.56. The summed E-state index contributed by atoms with van der Waals surface area (Å²) in [7, 11) is 3.42. The molecule has 25 heavy (non-hydrogen) atoms. The monoisotopic (exact) mass is 359 g/mol. The number of halogens is 1. The Morgan fingerprint density at radius 3 is 2.36 bits per heavy atom. The van der Waals surface area contributed by atoms with E-state index in [4.69, 9.17) is 26.1 Å². The zero-order chi connectivity index (χ0) is 17.2. The van der Waals surface area contributed by atoms with Crippen molar-refractivity contribution in [2.24, 2.45) is 22.2 Å². The van der Waals surface area contributed by atoms with Crippen molar-refractivity contribution in [1.82, 2.24) is 0 Å². The second kappa shape index (κ2) is 5.39. The molecule has 0 radical (unpaired) electrons. The van der Waals surface area contributed by atoms with Gasteiger partial charge in [-0.1, -0.05) is 0 Å². The van der Waals surface area contributed by atoms with Crippen LogP contribution in [0.4, 0.5) is 0 Å². The fourth-order valence-corrected chi connectivity index (χ4v) is 7.30. The maximum absolute atomic E-state index is 7.07. The van der Waals surface area contributed by atoms with Crippen LogP contribution in [0.5, 0.6) is 11.5 Å². The lowest BCUT2D eigenvalue weighted by Gasteiger charge is -2.60. The zero-order valence-electron chi connectivity index (χ0n) is 15.1. The van der Waals surface area contributed by atoms with Gasteiger partial charge in [-0.3, -0.25) is 4.99 Å². The number of methoxy groups -OCH3 is 2. The highest BCUT2D eigenvalue weighted by Crippen LogP contribution is 2.65. The fraction of sp³-hybridized carbons (Fsp3) is 0.667. The van der Waals surface area contributed by atoms with E-state index >= 15 is 0 Å². The molecule has 4 saturated carbocycles. The van der Waals surface area contributed by atoms with Crippen LogP contribution in [0, 0.1) is 17.3 Å². The van der Waals surface area contributed by atoms with Crippen LogP contribution in [0.3, 0.4) is 0 Å². The van der Waals surface area contributed by atoms with Crippen LogP contribution in [0.15, 0.2) is 17.1 Å². The Morgan fingerprint density at radius 2 is 1.72 bits per heavy atom. The molecule has 3 nitrogen and oxygen atoms in total. The Bertz CT molecular complexity index is 743. The summed E-state index contributed by atoms with van der Waals surface area (Å²) in [5.41, 5.74) is 4.13. The number of hydrogen-bond acceptors (Lipinski definition) is 3. The molecule has 4 bridgehead atoms. The molecule has 4 aliphatic carbocycles. The summed E-state index contributed by atoms with van der Waals surface area (Å²) in [4.78, 5) is 5.10. The van der Waals surface area contributed by atoms with Crippen molar-refractivity contribution in [1.29, 1.82) is 0 Å². The fourth-order valence-electron chi connectivity index (χ4n) is 6.60. The molecule has 1 aromatic rings. The number of ether oxygens (including phenoxy) is 2. The number of rotatable bonds is 3. The molecule has 4 heteroatoms. The van der Waals surface area contributed by atoms with Gasteiger partial charge in [-0.25, -0.2) is 0 Å². The van der Waals surface area contributed by atoms with E-state index in [2.05, 4.69) is 12.1 Å². The van der Waals surface area contributed by atoms with Crippen molar-refractivity contribution in [3.63, 3.8) is 0 Å². The molecule has 1 aromatic carbocycles. The van der Waals surface area contributed by atoms with E-state index in [0.717, 1.165) is 42.7 Å². The maximum Gasteiger partial charge on any atom is 0.161 e. The van der Waals surface area contributed by atoms with E-state index in [0.29, 0.717) is 0 Å². The van der Waals surface area contributed by atoms with E-state index in [9.17, 15) is 0 Å². The van der Waals surface area contributed by atoms with Gasteiger partial charge in [0.1, 0.15) is 0 Å². The zero-order valence-corrected chi connectivity index (χ0v) is 15.9. The smallest absolute Gasteiger partial charge is 0.161 e. The van der Waals surface area contributed by atoms with Crippen molar-refractivity contribution < 1.29 is 9.47 Å². The van der Waals surface area contributed by atoms with E-state index in [1.807, 2.05) is 0 Å². The molecule has 134 valence electrons. The molecule has 0 saturated heterocycles. The van der Waals surface area contributed by atoms with Gasteiger partial charge >= 0.3 is 0 Å². The number of alkyl halides is 1. The van der Waals surface area contributed by atoms with Crippen LogP contribution in [0.2, 0.25) is 0 Å². The predicted octanol–water partition coefficient (Wildman–Crippen LogP) is 4.63. The lowest BCUT2D eigenvalue weighted by molar-refractivity contribution is 0.00190. The molecule has 6 rings (SSSR count). The third-order valence-corrected chi connectivity index (χ3v) is 7.45. The summed E-state index contributed by atoms with van der Waals surface area (Å²) in [6, 6.07) is 4.31. The topological polar surface area (TPSA) is 30.8 Å². The van der Waals surface area contributed by atoms with Crippen molar-refractivity contribution in [2.75, 3.05) is 20.8 Å². The molecular formula is C21H26ClNO2. The third kappa shape index (κ3) is 2.34. The van der Waals surface area contributed by atoms with Gasteiger partial charge in [-0.05, 0) is 74.5 Å². The summed E-state index contributed by atoms with van der Waals surface area (Å²) in [6.07, 6.45) is 8.41. The van der Waals surface area contributed by atoms with Gasteiger partial charge < -0.3 is 9.47 Å². The van der Waals surface area contributed by atoms with Crippen LogP contribution in [-0.2, 0) is 6.42 Å². The van der Waals surface area contributed by atoms with E-state index in [1.54, 1.807) is 14.2 Å². The molecule has 2 unspecified atom stereocenters. The highest BCUT2D eigenvalue weighted by atomic mass is 35.5. The van der Waals surface area contributed by atoms with Crippen LogP contribution in [0.1, 0.15) is 49.7 Å². The summed E-state index contributed by atoms with van der Waals surface area (Å²) in [5, 5.41) is 0. The summed E-state index contributed by atoms with van der Waals surface area (Å²) >= 11 is 7.07. The number of nitrogens with zero attached hydrogens (tertiary/aromatic N) is 1. The van der Waals surface area contributed by atoms with Crippen LogP contribution >= 0.6 is 11.6 Å². The van der Waals surface area contributed by atoms with E-state index < -0.39 is 0 Å². The second-order valence-corrected chi connectivity index (χ2v) is 9.54. The Balaban J connectivity index is 1.61. The Kier molecular flexibility index (Phi) is 3.45. The largest absolute Gasteiger partial charge is 0.493 e. The standard InChI is InChI=1S/C21H26ClNO2/c1-24-17-6-15-3-4-23-19(16(15)7-18(17)25-2)20-8-13-5-14(9-20)11-21(22,10-13)12-20/h6-7,13-14H,3-5,8-12H2,1-2H3. The van der Waals surface area contributed by atoms with Gasteiger partial charge in [0, 0.05) is 28.1 Å². The van der Waals surface area contributed by atoms with Crippen LogP contribution in [-0.4, -0.2) is 31.4 Å². The SMILES string of the molecule is COc1cc2c(cc1OC)C(C13CC4CC(CC(Cl)(C4)C1)C3)=NCC2. The van der Waals surface area contributed by atoms with Gasteiger partial charge in [0.05, 0.1) is 14.2 Å². The Hall–Kier alpha value is -1.22. The lowest BCUT2D eigenvalue weighted by atomic mass is 9.47. The first-order chi connectivity index (χ1) is 12.0. The van der Waals surface area contributed by atoms with Crippen molar-refractivity contribution in [3.05, 3.63) is 23.3 Å². The average molecular weight is 360 g/mol. The molecule has 1 aliphatic heterocycles. The minimum Gasteiger partial charge on any atom is -0.493 e. The normalized spacial score (nSPS) is 38.3. The minimum absolute atomic E-state index is 0.0147. The summed E-state index contributed by atoms with van der Waals surface area (Å²) < 4.78 is 11.1. The Labute approximate surface area is 154 Å². The number of aliphatic imine (C=N–C) groups is 1. The molecule has 0 spiro atoms. The highest BCUT2D eigenvalue weighted by Gasteiger charge is 2.59.